The van der Waals surface area contributed by atoms with Gasteiger partial charge in [-0.2, -0.15) is 5.10 Å². The number of amides is 1. The maximum atomic E-state index is 13.4. The van der Waals surface area contributed by atoms with E-state index >= 15 is 0 Å². The zero-order valence-electron chi connectivity index (χ0n) is 16.3. The van der Waals surface area contributed by atoms with Gasteiger partial charge in [0.25, 0.3) is 0 Å². The molecule has 0 radical (unpaired) electrons. The Balaban J connectivity index is 1.36. The lowest BCUT2D eigenvalue weighted by molar-refractivity contribution is -0.133. The van der Waals surface area contributed by atoms with Gasteiger partial charge >= 0.3 is 0 Å². The van der Waals surface area contributed by atoms with Crippen LogP contribution in [0.4, 0.5) is 4.39 Å². The summed E-state index contributed by atoms with van der Waals surface area (Å²) in [6, 6.07) is 4.37. The van der Waals surface area contributed by atoms with Gasteiger partial charge in [-0.3, -0.25) is 14.3 Å². The lowest BCUT2D eigenvalue weighted by atomic mass is 10.1. The highest BCUT2D eigenvalue weighted by Gasteiger charge is 2.28. The number of rotatable bonds is 5. The van der Waals surface area contributed by atoms with E-state index in [1.165, 1.54) is 19.1 Å². The highest BCUT2D eigenvalue weighted by atomic mass is 79.9. The number of likely N-dealkylation sites (tertiary alicyclic amines) is 1. The number of aromatic nitrogens is 2. The molecule has 0 N–H and O–H groups in total. The Labute approximate surface area is 177 Å². The van der Waals surface area contributed by atoms with E-state index in [4.69, 9.17) is 4.74 Å². The molecule has 1 aromatic heterocycles. The van der Waals surface area contributed by atoms with Crippen molar-refractivity contribution in [3.05, 3.63) is 45.4 Å². The number of hydrogen-bond donors (Lipinski definition) is 0. The fourth-order valence-electron chi connectivity index (χ4n) is 4.12. The molecule has 1 saturated heterocycles. The molecule has 2 aromatic rings. The molecule has 1 fully saturated rings. The van der Waals surface area contributed by atoms with Gasteiger partial charge in [-0.15, -0.1) is 0 Å². The largest absolute Gasteiger partial charge is 0.489 e. The molecule has 0 spiro atoms. The van der Waals surface area contributed by atoms with Crippen LogP contribution in [0.15, 0.2) is 22.7 Å². The van der Waals surface area contributed by atoms with Crippen LogP contribution in [-0.4, -0.2) is 45.6 Å². The fraction of sp³-hybridized carbons (Fsp3) is 0.476. The highest BCUT2D eigenvalue weighted by Crippen LogP contribution is 2.29. The summed E-state index contributed by atoms with van der Waals surface area (Å²) in [5, 5.41) is 4.41. The molecule has 8 heteroatoms. The summed E-state index contributed by atoms with van der Waals surface area (Å²) in [4.78, 5) is 26.4. The van der Waals surface area contributed by atoms with Crippen LogP contribution < -0.4 is 4.74 Å². The van der Waals surface area contributed by atoms with E-state index < -0.39 is 0 Å². The molecule has 1 aromatic carbocycles. The smallest absolute Gasteiger partial charge is 0.244 e. The van der Waals surface area contributed by atoms with E-state index in [2.05, 4.69) is 21.0 Å². The second kappa shape index (κ2) is 8.26. The topological polar surface area (TPSA) is 64.4 Å². The van der Waals surface area contributed by atoms with E-state index in [0.717, 1.165) is 30.5 Å². The molecule has 154 valence electrons. The van der Waals surface area contributed by atoms with Crippen LogP contribution in [0.25, 0.3) is 0 Å². The average molecular weight is 464 g/mol. The fourth-order valence-corrected chi connectivity index (χ4v) is 4.46. The van der Waals surface area contributed by atoms with Crippen molar-refractivity contribution < 1.29 is 18.7 Å². The number of ether oxygens (including phenoxy) is 1. The minimum Gasteiger partial charge on any atom is -0.489 e. The number of hydrogen-bond acceptors (Lipinski definition) is 4. The van der Waals surface area contributed by atoms with E-state index in [1.54, 1.807) is 10.7 Å². The Hall–Kier alpha value is -2.22. The number of halogens is 2. The molecule has 6 nitrogen and oxygen atoms in total. The average Bonchev–Trinajstić information content (AvgIpc) is 3.29. The van der Waals surface area contributed by atoms with Crippen molar-refractivity contribution in [2.75, 3.05) is 13.1 Å². The van der Waals surface area contributed by atoms with Crippen LogP contribution in [0.5, 0.6) is 5.75 Å². The zero-order chi connectivity index (χ0) is 20.5. The van der Waals surface area contributed by atoms with Crippen molar-refractivity contribution in [1.82, 2.24) is 14.7 Å². The molecular formula is C21H23BrFN3O3. The van der Waals surface area contributed by atoms with Gasteiger partial charge in [0.1, 0.15) is 29.9 Å². The Morgan fingerprint density at radius 3 is 2.76 bits per heavy atom. The highest BCUT2D eigenvalue weighted by molar-refractivity contribution is 9.10. The third kappa shape index (κ3) is 4.22. The number of ketones is 1. The van der Waals surface area contributed by atoms with Gasteiger partial charge < -0.3 is 9.64 Å². The van der Waals surface area contributed by atoms with Gasteiger partial charge in [0.15, 0.2) is 5.78 Å². The molecule has 2 heterocycles. The first kappa shape index (κ1) is 20.1. The van der Waals surface area contributed by atoms with Crippen molar-refractivity contribution in [3.63, 3.8) is 0 Å². The van der Waals surface area contributed by atoms with Crippen LogP contribution in [0.3, 0.4) is 0 Å². The van der Waals surface area contributed by atoms with E-state index in [0.29, 0.717) is 41.8 Å². The summed E-state index contributed by atoms with van der Waals surface area (Å²) in [5.41, 5.74) is 2.55. The van der Waals surface area contributed by atoms with Gasteiger partial charge in [-0.05, 0) is 47.3 Å². The quantitative estimate of drug-likeness (QED) is 0.636. The molecule has 1 aliphatic heterocycles. The summed E-state index contributed by atoms with van der Waals surface area (Å²) < 4.78 is 21.8. The maximum Gasteiger partial charge on any atom is 0.244 e. The van der Waals surface area contributed by atoms with Crippen molar-refractivity contribution in [1.29, 1.82) is 0 Å². The molecule has 2 aliphatic rings. The molecule has 4 rings (SSSR count). The molecule has 0 bridgehead atoms. The van der Waals surface area contributed by atoms with Crippen LogP contribution in [0.2, 0.25) is 0 Å². The molecular weight excluding hydrogens is 441 g/mol. The Morgan fingerprint density at radius 2 is 2.03 bits per heavy atom. The van der Waals surface area contributed by atoms with Gasteiger partial charge in [-0.1, -0.05) is 0 Å². The lowest BCUT2D eigenvalue weighted by Crippen LogP contribution is -2.43. The van der Waals surface area contributed by atoms with Gasteiger partial charge in [0, 0.05) is 50.2 Å². The number of carbonyl (C=O) groups excluding carboxylic acids is 2. The summed E-state index contributed by atoms with van der Waals surface area (Å²) in [7, 11) is 0. The minimum atomic E-state index is -0.340. The molecule has 1 amide bonds. The standard InChI is InChI=1S/C21H23BrFN3O3/c1-13(27)21-16-3-2-4-18(16)26(24-21)12-20(28)25-9-7-15(8-10-25)29-19-11-14(23)5-6-17(19)22/h5-6,11,15H,2-4,7-10,12H2,1H3. The number of carbonyl (C=O) groups is 2. The summed E-state index contributed by atoms with van der Waals surface area (Å²) >= 11 is 3.38. The first-order valence-corrected chi connectivity index (χ1v) is 10.7. The minimum absolute atomic E-state index is 0.00249. The molecule has 29 heavy (non-hydrogen) atoms. The van der Waals surface area contributed by atoms with E-state index in [-0.39, 0.29) is 30.2 Å². The van der Waals surface area contributed by atoms with Crippen LogP contribution in [0.1, 0.15) is 47.9 Å². The number of Topliss-reactive ketones (excluding diaryl/α,β-unsaturated/α-hetero) is 1. The molecule has 0 saturated carbocycles. The van der Waals surface area contributed by atoms with Crippen LogP contribution in [0, 0.1) is 5.82 Å². The van der Waals surface area contributed by atoms with Crippen molar-refractivity contribution in [2.24, 2.45) is 0 Å². The summed E-state index contributed by atoms with van der Waals surface area (Å²) in [6.07, 6.45) is 4.03. The molecule has 0 atom stereocenters. The summed E-state index contributed by atoms with van der Waals surface area (Å²) in [5.74, 6) is 0.102. The third-order valence-corrected chi connectivity index (χ3v) is 6.26. The second-order valence-corrected chi connectivity index (χ2v) is 8.47. The van der Waals surface area contributed by atoms with Crippen molar-refractivity contribution in [3.8, 4) is 5.75 Å². The third-order valence-electron chi connectivity index (χ3n) is 5.61. The SMILES string of the molecule is CC(=O)c1nn(CC(=O)N2CCC(Oc3cc(F)ccc3Br)CC2)c2c1CCC2. The number of piperidine rings is 1. The zero-order valence-corrected chi connectivity index (χ0v) is 17.9. The predicted octanol–water partition coefficient (Wildman–Crippen LogP) is 3.55. The Morgan fingerprint density at radius 1 is 1.28 bits per heavy atom. The lowest BCUT2D eigenvalue weighted by Gasteiger charge is -2.32. The maximum absolute atomic E-state index is 13.4. The Kier molecular flexibility index (Phi) is 5.72. The van der Waals surface area contributed by atoms with Crippen molar-refractivity contribution >= 4 is 27.6 Å². The molecule has 1 aliphatic carbocycles. The van der Waals surface area contributed by atoms with Crippen LogP contribution >= 0.6 is 15.9 Å². The number of nitrogens with zero attached hydrogens (tertiary/aromatic N) is 3. The van der Waals surface area contributed by atoms with E-state index in [1.807, 2.05) is 4.90 Å². The monoisotopic (exact) mass is 463 g/mol. The van der Waals surface area contributed by atoms with Gasteiger partial charge in [0.2, 0.25) is 5.91 Å². The van der Waals surface area contributed by atoms with Gasteiger partial charge in [-0.25, -0.2) is 4.39 Å². The normalized spacial score (nSPS) is 16.7. The molecule has 0 unspecified atom stereocenters. The number of fused-ring (bicyclic) bond motifs is 1. The first-order chi connectivity index (χ1) is 13.9. The van der Waals surface area contributed by atoms with Crippen molar-refractivity contribution in [2.45, 2.75) is 51.7 Å². The van der Waals surface area contributed by atoms with Crippen LogP contribution in [-0.2, 0) is 24.2 Å². The summed E-state index contributed by atoms with van der Waals surface area (Å²) in [6.45, 7) is 2.85. The van der Waals surface area contributed by atoms with E-state index in [9.17, 15) is 14.0 Å². The Bertz CT molecular complexity index is 951. The van der Waals surface area contributed by atoms with Gasteiger partial charge in [0.05, 0.1) is 4.47 Å². The predicted molar refractivity (Wildman–Crippen MR) is 109 cm³/mol. The first-order valence-electron chi connectivity index (χ1n) is 9.91. The number of benzene rings is 1. The second-order valence-electron chi connectivity index (χ2n) is 7.61.